The van der Waals surface area contributed by atoms with Crippen molar-refractivity contribution < 1.29 is 18.1 Å². The van der Waals surface area contributed by atoms with E-state index in [1.54, 1.807) is 11.8 Å². The van der Waals surface area contributed by atoms with Crippen LogP contribution in [0, 0.1) is 18.6 Å². The van der Waals surface area contributed by atoms with E-state index in [9.17, 15) is 13.6 Å². The number of hydrogen-bond acceptors (Lipinski definition) is 5. The van der Waals surface area contributed by atoms with Gasteiger partial charge in [-0.15, -0.1) is 11.8 Å². The fourth-order valence-corrected chi connectivity index (χ4v) is 3.51. The fraction of sp³-hybridized carbons (Fsp3) is 0.438. The molecule has 1 aromatic heterocycles. The predicted molar refractivity (Wildman–Crippen MR) is 84.7 cm³/mol. The van der Waals surface area contributed by atoms with Crippen molar-refractivity contribution in [1.29, 1.82) is 0 Å². The summed E-state index contributed by atoms with van der Waals surface area (Å²) < 4.78 is 31.3. The Bertz CT molecular complexity index is 738. The standard InChI is InChI=1S/C16H17F2N3O2S/c1-10-19-16(23-20-10)11-3-2-6-21(8-11)15(22)9-24-12-4-5-13(17)14(18)7-12/h4-5,7,11H,2-3,6,8-9H2,1H3. The zero-order valence-corrected chi connectivity index (χ0v) is 14.0. The van der Waals surface area contributed by atoms with Crippen LogP contribution in [-0.4, -0.2) is 39.8 Å². The van der Waals surface area contributed by atoms with Gasteiger partial charge in [0.05, 0.1) is 11.7 Å². The molecule has 2 heterocycles. The molecule has 1 saturated heterocycles. The highest BCUT2D eigenvalue weighted by molar-refractivity contribution is 8.00. The summed E-state index contributed by atoms with van der Waals surface area (Å²) in [6.07, 6.45) is 1.77. The average molecular weight is 353 g/mol. The molecule has 5 nitrogen and oxygen atoms in total. The van der Waals surface area contributed by atoms with Gasteiger partial charge >= 0.3 is 0 Å². The summed E-state index contributed by atoms with van der Waals surface area (Å²) in [5.41, 5.74) is 0. The van der Waals surface area contributed by atoms with Crippen LogP contribution < -0.4 is 0 Å². The number of thioether (sulfide) groups is 1. The number of piperidine rings is 1. The van der Waals surface area contributed by atoms with Crippen molar-refractivity contribution in [1.82, 2.24) is 15.0 Å². The maximum atomic E-state index is 13.2. The summed E-state index contributed by atoms with van der Waals surface area (Å²) in [5, 5.41) is 3.79. The Balaban J connectivity index is 1.57. The van der Waals surface area contributed by atoms with Crippen molar-refractivity contribution in [2.24, 2.45) is 0 Å². The lowest BCUT2D eigenvalue weighted by atomic mass is 9.98. The smallest absolute Gasteiger partial charge is 0.232 e. The predicted octanol–water partition coefficient (Wildman–Crippen LogP) is 3.15. The maximum Gasteiger partial charge on any atom is 0.232 e. The van der Waals surface area contributed by atoms with Crippen molar-refractivity contribution in [2.75, 3.05) is 18.8 Å². The average Bonchev–Trinajstić information content (AvgIpc) is 3.02. The Morgan fingerprint density at radius 3 is 2.96 bits per heavy atom. The van der Waals surface area contributed by atoms with E-state index in [1.807, 2.05) is 0 Å². The number of rotatable bonds is 4. The largest absolute Gasteiger partial charge is 0.341 e. The van der Waals surface area contributed by atoms with Gasteiger partial charge in [0.1, 0.15) is 0 Å². The van der Waals surface area contributed by atoms with E-state index in [0.717, 1.165) is 25.0 Å². The van der Waals surface area contributed by atoms with Crippen LogP contribution in [0.1, 0.15) is 30.5 Å². The third-order valence-corrected chi connectivity index (χ3v) is 4.90. The number of carbonyl (C=O) groups is 1. The SMILES string of the molecule is Cc1noc(C2CCCN(C(=O)CSc3ccc(F)c(F)c3)C2)n1. The number of likely N-dealkylation sites (tertiary alicyclic amines) is 1. The van der Waals surface area contributed by atoms with Crippen molar-refractivity contribution >= 4 is 17.7 Å². The summed E-state index contributed by atoms with van der Waals surface area (Å²) >= 11 is 1.20. The minimum absolute atomic E-state index is 0.0364. The van der Waals surface area contributed by atoms with Crippen LogP contribution in [0.2, 0.25) is 0 Å². The highest BCUT2D eigenvalue weighted by Crippen LogP contribution is 2.27. The van der Waals surface area contributed by atoms with E-state index in [4.69, 9.17) is 4.52 Å². The second-order valence-corrected chi connectivity index (χ2v) is 6.77. The van der Waals surface area contributed by atoms with Gasteiger partial charge in [0.2, 0.25) is 11.8 Å². The van der Waals surface area contributed by atoms with Gasteiger partial charge in [-0.25, -0.2) is 8.78 Å². The third kappa shape index (κ3) is 3.92. The number of benzene rings is 1. The molecule has 1 unspecified atom stereocenters. The molecule has 0 saturated carbocycles. The van der Waals surface area contributed by atoms with Gasteiger partial charge in [0, 0.05) is 18.0 Å². The molecule has 128 valence electrons. The quantitative estimate of drug-likeness (QED) is 0.790. The lowest BCUT2D eigenvalue weighted by Gasteiger charge is -2.31. The summed E-state index contributed by atoms with van der Waals surface area (Å²) in [6.45, 7) is 2.98. The number of halogens is 2. The molecule has 8 heteroatoms. The minimum Gasteiger partial charge on any atom is -0.341 e. The zero-order chi connectivity index (χ0) is 17.1. The molecule has 2 aromatic rings. The molecule has 1 fully saturated rings. The monoisotopic (exact) mass is 353 g/mol. The van der Waals surface area contributed by atoms with Crippen molar-refractivity contribution in [3.63, 3.8) is 0 Å². The fourth-order valence-electron chi connectivity index (χ4n) is 2.69. The second-order valence-electron chi connectivity index (χ2n) is 5.72. The Hall–Kier alpha value is -1.96. The van der Waals surface area contributed by atoms with E-state index in [0.29, 0.717) is 29.7 Å². The van der Waals surface area contributed by atoms with Crippen LogP contribution in [0.3, 0.4) is 0 Å². The molecule has 0 radical (unpaired) electrons. The number of aromatic nitrogens is 2. The highest BCUT2D eigenvalue weighted by atomic mass is 32.2. The molecule has 1 aliphatic rings. The summed E-state index contributed by atoms with van der Waals surface area (Å²) in [5.74, 6) is -0.444. The molecule has 1 aliphatic heterocycles. The molecule has 0 N–H and O–H groups in total. The van der Waals surface area contributed by atoms with E-state index in [2.05, 4.69) is 10.1 Å². The highest BCUT2D eigenvalue weighted by Gasteiger charge is 2.28. The number of hydrogen-bond donors (Lipinski definition) is 0. The Labute approximate surface area is 142 Å². The summed E-state index contributed by atoms with van der Waals surface area (Å²) in [7, 11) is 0. The normalized spacial score (nSPS) is 18.0. The van der Waals surface area contributed by atoms with Gasteiger partial charge in [-0.1, -0.05) is 5.16 Å². The van der Waals surface area contributed by atoms with Crippen LogP contribution >= 0.6 is 11.8 Å². The molecule has 0 bridgehead atoms. The molecule has 1 atom stereocenters. The van der Waals surface area contributed by atoms with Crippen molar-refractivity contribution in [2.45, 2.75) is 30.6 Å². The first-order chi connectivity index (χ1) is 11.5. The van der Waals surface area contributed by atoms with E-state index in [1.165, 1.54) is 17.8 Å². The molecule has 3 rings (SSSR count). The molecular formula is C16H17F2N3O2S. The molecule has 1 amide bonds. The van der Waals surface area contributed by atoms with Gasteiger partial charge in [-0.2, -0.15) is 4.98 Å². The topological polar surface area (TPSA) is 59.2 Å². The van der Waals surface area contributed by atoms with Gasteiger partial charge in [0.25, 0.3) is 0 Å². The zero-order valence-electron chi connectivity index (χ0n) is 13.2. The first-order valence-electron chi connectivity index (χ1n) is 7.69. The summed E-state index contributed by atoms with van der Waals surface area (Å²) in [6, 6.07) is 3.64. The van der Waals surface area contributed by atoms with E-state index < -0.39 is 11.6 Å². The maximum absolute atomic E-state index is 13.2. The van der Waals surface area contributed by atoms with E-state index >= 15 is 0 Å². The first kappa shape index (κ1) is 16.9. The van der Waals surface area contributed by atoms with Crippen LogP contribution in [0.4, 0.5) is 8.78 Å². The van der Waals surface area contributed by atoms with Gasteiger partial charge in [-0.3, -0.25) is 4.79 Å². The van der Waals surface area contributed by atoms with Crippen LogP contribution in [0.5, 0.6) is 0 Å². The molecule has 1 aromatic carbocycles. The Kier molecular flexibility index (Phi) is 5.13. The Morgan fingerprint density at radius 1 is 1.42 bits per heavy atom. The van der Waals surface area contributed by atoms with Gasteiger partial charge < -0.3 is 9.42 Å². The van der Waals surface area contributed by atoms with Gasteiger partial charge in [0.15, 0.2) is 17.5 Å². The molecular weight excluding hydrogens is 336 g/mol. The molecule has 24 heavy (non-hydrogen) atoms. The van der Waals surface area contributed by atoms with Crippen LogP contribution in [0.25, 0.3) is 0 Å². The summed E-state index contributed by atoms with van der Waals surface area (Å²) in [4.78, 5) is 18.9. The van der Waals surface area contributed by atoms with Crippen LogP contribution in [0.15, 0.2) is 27.6 Å². The van der Waals surface area contributed by atoms with Crippen molar-refractivity contribution in [3.05, 3.63) is 41.5 Å². The Morgan fingerprint density at radius 2 is 2.25 bits per heavy atom. The van der Waals surface area contributed by atoms with Gasteiger partial charge in [-0.05, 0) is 38.0 Å². The number of amides is 1. The third-order valence-electron chi connectivity index (χ3n) is 3.92. The first-order valence-corrected chi connectivity index (χ1v) is 8.67. The number of aryl methyl sites for hydroxylation is 1. The molecule has 0 spiro atoms. The lowest BCUT2D eigenvalue weighted by molar-refractivity contribution is -0.129. The van der Waals surface area contributed by atoms with E-state index in [-0.39, 0.29) is 17.6 Å². The second kappa shape index (κ2) is 7.29. The van der Waals surface area contributed by atoms with Crippen molar-refractivity contribution in [3.8, 4) is 0 Å². The lowest BCUT2D eigenvalue weighted by Crippen LogP contribution is -2.40. The molecule has 0 aliphatic carbocycles. The van der Waals surface area contributed by atoms with Crippen LogP contribution in [-0.2, 0) is 4.79 Å². The number of carbonyl (C=O) groups excluding carboxylic acids is 1. The minimum atomic E-state index is -0.905. The number of nitrogens with zero attached hydrogens (tertiary/aromatic N) is 3.